The van der Waals surface area contributed by atoms with Gasteiger partial charge < -0.3 is 4.74 Å². The van der Waals surface area contributed by atoms with E-state index in [0.29, 0.717) is 0 Å². The zero-order valence-electron chi connectivity index (χ0n) is 10.2. The Morgan fingerprint density at radius 2 is 2.12 bits per heavy atom. The second kappa shape index (κ2) is 5.23. The summed E-state index contributed by atoms with van der Waals surface area (Å²) in [7, 11) is 1.70. The molecule has 17 heavy (non-hydrogen) atoms. The van der Waals surface area contributed by atoms with Gasteiger partial charge in [0.15, 0.2) is 0 Å². The fraction of sp³-hybridized carbons (Fsp3) is 0.214. The van der Waals surface area contributed by atoms with E-state index >= 15 is 0 Å². The van der Waals surface area contributed by atoms with Crippen molar-refractivity contribution in [3.05, 3.63) is 42.2 Å². The van der Waals surface area contributed by atoms with Crippen molar-refractivity contribution in [1.29, 1.82) is 0 Å². The van der Waals surface area contributed by atoms with Crippen molar-refractivity contribution in [3.8, 4) is 16.9 Å². The average molecular weight is 245 g/mol. The van der Waals surface area contributed by atoms with Gasteiger partial charge in [-0.05, 0) is 36.9 Å². The van der Waals surface area contributed by atoms with E-state index in [4.69, 9.17) is 4.74 Å². The first-order valence-electron chi connectivity index (χ1n) is 5.39. The average Bonchev–Trinajstić information content (AvgIpc) is 2.39. The standard InChI is InChI=1S/C14H15NOS/c1-10-7-13(16-2)12(8-14(10)17-3)11-5-4-6-15-9-11/h4-9H,1-3H3. The van der Waals surface area contributed by atoms with Gasteiger partial charge in [0.2, 0.25) is 0 Å². The zero-order chi connectivity index (χ0) is 12.3. The molecule has 0 aliphatic heterocycles. The van der Waals surface area contributed by atoms with Crippen LogP contribution in [-0.4, -0.2) is 18.3 Å². The molecule has 0 saturated carbocycles. The summed E-state index contributed by atoms with van der Waals surface area (Å²) in [6.07, 6.45) is 5.72. The summed E-state index contributed by atoms with van der Waals surface area (Å²) >= 11 is 1.75. The van der Waals surface area contributed by atoms with Gasteiger partial charge in [-0.2, -0.15) is 0 Å². The van der Waals surface area contributed by atoms with E-state index in [2.05, 4.69) is 30.3 Å². The number of aryl methyl sites for hydroxylation is 1. The first-order valence-corrected chi connectivity index (χ1v) is 6.61. The van der Waals surface area contributed by atoms with Crippen LogP contribution in [0.15, 0.2) is 41.6 Å². The largest absolute Gasteiger partial charge is 0.496 e. The van der Waals surface area contributed by atoms with Crippen LogP contribution < -0.4 is 4.74 Å². The summed E-state index contributed by atoms with van der Waals surface area (Å²) in [6, 6.07) is 8.22. The lowest BCUT2D eigenvalue weighted by molar-refractivity contribution is 0.416. The molecule has 2 aromatic rings. The zero-order valence-corrected chi connectivity index (χ0v) is 11.0. The summed E-state index contributed by atoms with van der Waals surface area (Å²) in [5.74, 6) is 0.897. The van der Waals surface area contributed by atoms with E-state index in [-0.39, 0.29) is 0 Å². The van der Waals surface area contributed by atoms with Gasteiger partial charge in [0, 0.05) is 28.4 Å². The molecule has 0 aliphatic carbocycles. The van der Waals surface area contributed by atoms with Crippen molar-refractivity contribution in [3.63, 3.8) is 0 Å². The number of methoxy groups -OCH3 is 1. The number of benzene rings is 1. The highest BCUT2D eigenvalue weighted by molar-refractivity contribution is 7.98. The maximum absolute atomic E-state index is 5.44. The van der Waals surface area contributed by atoms with Gasteiger partial charge in [0.25, 0.3) is 0 Å². The van der Waals surface area contributed by atoms with Crippen molar-refractivity contribution >= 4 is 11.8 Å². The molecule has 0 radical (unpaired) electrons. The molecule has 0 saturated heterocycles. The fourth-order valence-corrected chi connectivity index (χ4v) is 2.41. The van der Waals surface area contributed by atoms with E-state index in [9.17, 15) is 0 Å². The molecule has 0 fully saturated rings. The molecule has 1 heterocycles. The minimum absolute atomic E-state index is 0.897. The lowest BCUT2D eigenvalue weighted by atomic mass is 10.0. The van der Waals surface area contributed by atoms with Crippen LogP contribution in [0.25, 0.3) is 11.1 Å². The Bertz CT molecular complexity index is 511. The number of ether oxygens (including phenoxy) is 1. The molecular formula is C14H15NOS. The SMILES string of the molecule is COc1cc(C)c(SC)cc1-c1cccnc1. The number of nitrogens with zero attached hydrogens (tertiary/aromatic N) is 1. The predicted octanol–water partition coefficient (Wildman–Crippen LogP) is 3.79. The van der Waals surface area contributed by atoms with Crippen LogP contribution in [0.3, 0.4) is 0 Å². The van der Waals surface area contributed by atoms with Crippen LogP contribution in [0, 0.1) is 6.92 Å². The molecule has 3 heteroatoms. The summed E-state index contributed by atoms with van der Waals surface area (Å²) in [6.45, 7) is 2.10. The maximum atomic E-state index is 5.44. The van der Waals surface area contributed by atoms with Crippen molar-refractivity contribution < 1.29 is 4.74 Å². The van der Waals surface area contributed by atoms with Gasteiger partial charge in [-0.25, -0.2) is 0 Å². The summed E-state index contributed by atoms with van der Waals surface area (Å²) in [5, 5.41) is 0. The number of hydrogen-bond donors (Lipinski definition) is 0. The third-order valence-corrected chi connectivity index (χ3v) is 3.57. The smallest absolute Gasteiger partial charge is 0.127 e. The monoisotopic (exact) mass is 245 g/mol. The molecule has 0 atom stereocenters. The number of hydrogen-bond acceptors (Lipinski definition) is 3. The summed E-state index contributed by atoms with van der Waals surface area (Å²) in [5.41, 5.74) is 3.41. The number of rotatable bonds is 3. The van der Waals surface area contributed by atoms with Crippen LogP contribution in [-0.2, 0) is 0 Å². The van der Waals surface area contributed by atoms with Crippen molar-refractivity contribution in [2.45, 2.75) is 11.8 Å². The van der Waals surface area contributed by atoms with Gasteiger partial charge in [-0.3, -0.25) is 4.98 Å². The molecular weight excluding hydrogens is 230 g/mol. The van der Waals surface area contributed by atoms with E-state index < -0.39 is 0 Å². The molecule has 0 N–H and O–H groups in total. The Morgan fingerprint density at radius 1 is 1.29 bits per heavy atom. The normalized spacial score (nSPS) is 10.3. The molecule has 0 unspecified atom stereocenters. The Balaban J connectivity index is 2.59. The molecule has 88 valence electrons. The Labute approximate surface area is 106 Å². The van der Waals surface area contributed by atoms with Crippen LogP contribution in [0.2, 0.25) is 0 Å². The lowest BCUT2D eigenvalue weighted by Crippen LogP contribution is -1.91. The van der Waals surface area contributed by atoms with Gasteiger partial charge in [0.05, 0.1) is 7.11 Å². The second-order valence-electron chi connectivity index (χ2n) is 3.76. The first-order chi connectivity index (χ1) is 8.26. The van der Waals surface area contributed by atoms with Gasteiger partial charge >= 0.3 is 0 Å². The predicted molar refractivity (Wildman–Crippen MR) is 72.7 cm³/mol. The highest BCUT2D eigenvalue weighted by Gasteiger charge is 2.09. The van der Waals surface area contributed by atoms with E-state index in [1.165, 1.54) is 10.5 Å². The minimum atomic E-state index is 0.897. The van der Waals surface area contributed by atoms with E-state index in [0.717, 1.165) is 16.9 Å². The Kier molecular flexibility index (Phi) is 3.69. The van der Waals surface area contributed by atoms with Crippen molar-refractivity contribution in [2.24, 2.45) is 0 Å². The molecule has 2 nitrogen and oxygen atoms in total. The highest BCUT2D eigenvalue weighted by Crippen LogP contribution is 2.35. The minimum Gasteiger partial charge on any atom is -0.496 e. The van der Waals surface area contributed by atoms with Crippen molar-refractivity contribution in [2.75, 3.05) is 13.4 Å². The summed E-state index contributed by atoms with van der Waals surface area (Å²) < 4.78 is 5.44. The first kappa shape index (κ1) is 12.0. The molecule has 0 spiro atoms. The number of pyridine rings is 1. The van der Waals surface area contributed by atoms with Crippen LogP contribution in [0.5, 0.6) is 5.75 Å². The topological polar surface area (TPSA) is 22.1 Å². The molecule has 1 aromatic heterocycles. The molecule has 1 aromatic carbocycles. The molecule has 0 aliphatic rings. The second-order valence-corrected chi connectivity index (χ2v) is 4.61. The van der Waals surface area contributed by atoms with E-state index in [1.807, 2.05) is 18.3 Å². The fourth-order valence-electron chi connectivity index (χ4n) is 1.80. The number of thioether (sulfide) groups is 1. The van der Waals surface area contributed by atoms with E-state index in [1.54, 1.807) is 25.1 Å². The van der Waals surface area contributed by atoms with Gasteiger partial charge in [-0.1, -0.05) is 6.07 Å². The maximum Gasteiger partial charge on any atom is 0.127 e. The third-order valence-electron chi connectivity index (χ3n) is 2.69. The third kappa shape index (κ3) is 2.44. The quantitative estimate of drug-likeness (QED) is 0.768. The van der Waals surface area contributed by atoms with Crippen LogP contribution in [0.1, 0.15) is 5.56 Å². The van der Waals surface area contributed by atoms with Crippen LogP contribution in [0.4, 0.5) is 0 Å². The Hall–Kier alpha value is -1.48. The van der Waals surface area contributed by atoms with Gasteiger partial charge in [0.1, 0.15) is 5.75 Å². The molecule has 0 bridgehead atoms. The van der Waals surface area contributed by atoms with Crippen LogP contribution >= 0.6 is 11.8 Å². The van der Waals surface area contributed by atoms with Crippen molar-refractivity contribution in [1.82, 2.24) is 4.98 Å². The molecule has 2 rings (SSSR count). The van der Waals surface area contributed by atoms with Gasteiger partial charge in [-0.15, -0.1) is 11.8 Å². The highest BCUT2D eigenvalue weighted by atomic mass is 32.2. The Morgan fingerprint density at radius 3 is 2.71 bits per heavy atom. The molecule has 0 amide bonds. The number of aromatic nitrogens is 1. The lowest BCUT2D eigenvalue weighted by Gasteiger charge is -2.12. The summed E-state index contributed by atoms with van der Waals surface area (Å²) in [4.78, 5) is 5.42.